The zero-order valence-corrected chi connectivity index (χ0v) is 13.8. The molecule has 0 aliphatic carbocycles. The minimum atomic E-state index is -0.841. The largest absolute Gasteiger partial charge is 0.481 e. The van der Waals surface area contributed by atoms with Crippen molar-refractivity contribution >= 4 is 40.3 Å². The summed E-state index contributed by atoms with van der Waals surface area (Å²) in [5, 5.41) is 11.5. The molecule has 0 radical (unpaired) electrons. The highest BCUT2D eigenvalue weighted by Crippen LogP contribution is 2.13. The summed E-state index contributed by atoms with van der Waals surface area (Å²) >= 11 is 2.20. The van der Waals surface area contributed by atoms with Crippen molar-refractivity contribution in [3.63, 3.8) is 0 Å². The number of nitrogens with one attached hydrogen (secondary N) is 1. The predicted molar refractivity (Wildman–Crippen MR) is 86.9 cm³/mol. The monoisotopic (exact) mass is 390 g/mol. The SMILES string of the molecule is CC(C)N(CCCC(=O)O)C(=O)Nc1ccc(I)cc1. The first-order valence-electron chi connectivity index (χ1n) is 6.45. The number of carbonyl (C=O) groups is 2. The Kier molecular flexibility index (Phi) is 6.77. The fourth-order valence-electron chi connectivity index (χ4n) is 1.72. The molecule has 5 nitrogen and oxygen atoms in total. The van der Waals surface area contributed by atoms with Crippen molar-refractivity contribution in [1.82, 2.24) is 4.90 Å². The van der Waals surface area contributed by atoms with Crippen molar-refractivity contribution in [2.24, 2.45) is 0 Å². The Balaban J connectivity index is 2.59. The smallest absolute Gasteiger partial charge is 0.322 e. The average molecular weight is 390 g/mol. The van der Waals surface area contributed by atoms with E-state index in [0.717, 1.165) is 9.26 Å². The van der Waals surface area contributed by atoms with Crippen molar-refractivity contribution in [2.45, 2.75) is 32.7 Å². The van der Waals surface area contributed by atoms with Crippen LogP contribution in [-0.4, -0.2) is 34.6 Å². The van der Waals surface area contributed by atoms with Gasteiger partial charge in [0.15, 0.2) is 0 Å². The normalized spacial score (nSPS) is 10.4. The molecular weight excluding hydrogens is 371 g/mol. The van der Waals surface area contributed by atoms with Crippen LogP contribution in [0.4, 0.5) is 10.5 Å². The third-order valence-electron chi connectivity index (χ3n) is 2.77. The molecule has 0 aliphatic heterocycles. The van der Waals surface area contributed by atoms with Crippen molar-refractivity contribution in [3.05, 3.63) is 27.8 Å². The number of hydrogen-bond acceptors (Lipinski definition) is 2. The van der Waals surface area contributed by atoms with Gasteiger partial charge in [0, 0.05) is 28.3 Å². The third kappa shape index (κ3) is 5.77. The van der Waals surface area contributed by atoms with E-state index in [1.807, 2.05) is 38.1 Å². The van der Waals surface area contributed by atoms with Crippen LogP contribution in [0.1, 0.15) is 26.7 Å². The van der Waals surface area contributed by atoms with Gasteiger partial charge in [-0.05, 0) is 67.1 Å². The van der Waals surface area contributed by atoms with Crippen molar-refractivity contribution in [3.8, 4) is 0 Å². The molecule has 0 bridgehead atoms. The molecule has 1 rings (SSSR count). The Morgan fingerprint density at radius 1 is 1.30 bits per heavy atom. The summed E-state index contributed by atoms with van der Waals surface area (Å²) in [6, 6.07) is 7.34. The lowest BCUT2D eigenvalue weighted by molar-refractivity contribution is -0.137. The summed E-state index contributed by atoms with van der Waals surface area (Å²) in [5.41, 5.74) is 0.735. The van der Waals surface area contributed by atoms with E-state index in [9.17, 15) is 9.59 Å². The number of halogens is 1. The minimum absolute atomic E-state index is 0.0210. The highest BCUT2D eigenvalue weighted by Gasteiger charge is 2.17. The van der Waals surface area contributed by atoms with E-state index in [-0.39, 0.29) is 18.5 Å². The molecule has 0 saturated heterocycles. The summed E-state index contributed by atoms with van der Waals surface area (Å²) in [6.45, 7) is 4.25. The van der Waals surface area contributed by atoms with Crippen LogP contribution in [0.3, 0.4) is 0 Å². The second-order valence-electron chi connectivity index (χ2n) is 4.72. The number of nitrogens with zero attached hydrogens (tertiary/aromatic N) is 1. The van der Waals surface area contributed by atoms with Gasteiger partial charge in [-0.25, -0.2) is 4.79 Å². The molecule has 110 valence electrons. The Labute approximate surface area is 132 Å². The summed E-state index contributed by atoms with van der Waals surface area (Å²) in [5.74, 6) is -0.841. The minimum Gasteiger partial charge on any atom is -0.481 e. The highest BCUT2D eigenvalue weighted by atomic mass is 127. The Bertz CT molecular complexity index is 460. The van der Waals surface area contributed by atoms with Crippen LogP contribution in [0.5, 0.6) is 0 Å². The molecule has 0 aromatic heterocycles. The second kappa shape index (κ2) is 8.08. The number of carboxylic acids is 1. The molecule has 0 heterocycles. The Hall–Kier alpha value is -1.31. The Morgan fingerprint density at radius 2 is 1.90 bits per heavy atom. The number of carboxylic acid groups (broad SMARTS) is 1. The topological polar surface area (TPSA) is 69.6 Å². The summed E-state index contributed by atoms with van der Waals surface area (Å²) in [6.07, 6.45) is 0.521. The zero-order valence-electron chi connectivity index (χ0n) is 11.6. The van der Waals surface area contributed by atoms with Crippen LogP contribution in [0.25, 0.3) is 0 Å². The standard InChI is InChI=1S/C14H19IN2O3/c1-10(2)17(9-3-4-13(18)19)14(20)16-12-7-5-11(15)6-8-12/h5-8,10H,3-4,9H2,1-2H3,(H,16,20)(H,18,19). The molecular formula is C14H19IN2O3. The molecule has 20 heavy (non-hydrogen) atoms. The van der Waals surface area contributed by atoms with Crippen molar-refractivity contribution in [1.29, 1.82) is 0 Å². The van der Waals surface area contributed by atoms with Crippen LogP contribution in [0.2, 0.25) is 0 Å². The van der Waals surface area contributed by atoms with E-state index in [2.05, 4.69) is 27.9 Å². The van der Waals surface area contributed by atoms with Gasteiger partial charge in [-0.3, -0.25) is 4.79 Å². The molecule has 6 heteroatoms. The Morgan fingerprint density at radius 3 is 2.40 bits per heavy atom. The molecule has 2 amide bonds. The number of benzene rings is 1. The molecule has 0 aliphatic rings. The number of rotatable bonds is 6. The van der Waals surface area contributed by atoms with Crippen LogP contribution >= 0.6 is 22.6 Å². The number of urea groups is 1. The number of hydrogen-bond donors (Lipinski definition) is 2. The summed E-state index contributed by atoms with van der Waals surface area (Å²) < 4.78 is 1.10. The maximum atomic E-state index is 12.2. The zero-order chi connectivity index (χ0) is 15.1. The quantitative estimate of drug-likeness (QED) is 0.732. The lowest BCUT2D eigenvalue weighted by Gasteiger charge is -2.26. The third-order valence-corrected chi connectivity index (χ3v) is 3.49. The number of anilines is 1. The van der Waals surface area contributed by atoms with E-state index < -0.39 is 5.97 Å². The van der Waals surface area contributed by atoms with Gasteiger partial charge < -0.3 is 15.3 Å². The molecule has 1 aromatic rings. The average Bonchev–Trinajstić information content (AvgIpc) is 2.36. The summed E-state index contributed by atoms with van der Waals surface area (Å²) in [7, 11) is 0. The van der Waals surface area contributed by atoms with Crippen molar-refractivity contribution in [2.75, 3.05) is 11.9 Å². The number of aliphatic carboxylic acids is 1. The maximum Gasteiger partial charge on any atom is 0.322 e. The lowest BCUT2D eigenvalue weighted by Crippen LogP contribution is -2.40. The van der Waals surface area contributed by atoms with Gasteiger partial charge in [0.2, 0.25) is 0 Å². The van der Waals surface area contributed by atoms with Gasteiger partial charge in [-0.1, -0.05) is 0 Å². The van der Waals surface area contributed by atoms with Gasteiger partial charge in [0.1, 0.15) is 0 Å². The van der Waals surface area contributed by atoms with Crippen LogP contribution in [0.15, 0.2) is 24.3 Å². The lowest BCUT2D eigenvalue weighted by atomic mass is 10.2. The summed E-state index contributed by atoms with van der Waals surface area (Å²) in [4.78, 5) is 24.3. The fourth-order valence-corrected chi connectivity index (χ4v) is 2.08. The van der Waals surface area contributed by atoms with E-state index in [0.29, 0.717) is 13.0 Å². The van der Waals surface area contributed by atoms with E-state index in [1.54, 1.807) is 4.90 Å². The molecule has 0 saturated carbocycles. The van der Waals surface area contributed by atoms with Gasteiger partial charge in [0.25, 0.3) is 0 Å². The van der Waals surface area contributed by atoms with Gasteiger partial charge in [0.05, 0.1) is 0 Å². The predicted octanol–water partition coefficient (Wildman–Crippen LogP) is 3.40. The molecule has 2 N–H and O–H groups in total. The molecule has 0 fully saturated rings. The molecule has 0 spiro atoms. The second-order valence-corrected chi connectivity index (χ2v) is 5.97. The van der Waals surface area contributed by atoms with E-state index in [1.165, 1.54) is 0 Å². The highest BCUT2D eigenvalue weighted by molar-refractivity contribution is 14.1. The molecule has 0 unspecified atom stereocenters. The molecule has 0 atom stereocenters. The first-order chi connectivity index (χ1) is 9.40. The fraction of sp³-hybridized carbons (Fsp3) is 0.429. The van der Waals surface area contributed by atoms with Gasteiger partial charge in [-0.2, -0.15) is 0 Å². The number of amides is 2. The number of carbonyl (C=O) groups excluding carboxylic acids is 1. The van der Waals surface area contributed by atoms with Gasteiger partial charge >= 0.3 is 12.0 Å². The molecule has 1 aromatic carbocycles. The van der Waals surface area contributed by atoms with Crippen LogP contribution < -0.4 is 5.32 Å². The maximum absolute atomic E-state index is 12.2. The van der Waals surface area contributed by atoms with E-state index in [4.69, 9.17) is 5.11 Å². The van der Waals surface area contributed by atoms with Crippen molar-refractivity contribution < 1.29 is 14.7 Å². The first kappa shape index (κ1) is 16.7. The first-order valence-corrected chi connectivity index (χ1v) is 7.53. The van der Waals surface area contributed by atoms with Crippen LogP contribution in [0, 0.1) is 3.57 Å². The van der Waals surface area contributed by atoms with Gasteiger partial charge in [-0.15, -0.1) is 0 Å². The van der Waals surface area contributed by atoms with E-state index >= 15 is 0 Å². The van der Waals surface area contributed by atoms with Crippen LogP contribution in [-0.2, 0) is 4.79 Å².